The van der Waals surface area contributed by atoms with E-state index in [1.807, 2.05) is 0 Å². The van der Waals surface area contributed by atoms with Crippen LogP contribution in [0.4, 0.5) is 10.5 Å². The molecule has 144 valence electrons. The molecule has 3 rings (SSSR count). The summed E-state index contributed by atoms with van der Waals surface area (Å²) in [5, 5.41) is 11.7. The van der Waals surface area contributed by atoms with Crippen LogP contribution in [-0.2, 0) is 4.74 Å². The van der Waals surface area contributed by atoms with Gasteiger partial charge in [-0.25, -0.2) is 9.59 Å². The molecule has 0 bridgehead atoms. The van der Waals surface area contributed by atoms with Gasteiger partial charge in [-0.05, 0) is 24.3 Å². The van der Waals surface area contributed by atoms with Gasteiger partial charge >= 0.3 is 12.1 Å². The lowest BCUT2D eigenvalue weighted by Crippen LogP contribution is -2.07. The Morgan fingerprint density at radius 3 is 2.54 bits per heavy atom. The van der Waals surface area contributed by atoms with Gasteiger partial charge in [0.15, 0.2) is 0 Å². The van der Waals surface area contributed by atoms with Crippen LogP contribution in [0.15, 0.2) is 42.6 Å². The topological polar surface area (TPSA) is 107 Å². The van der Waals surface area contributed by atoms with E-state index in [4.69, 9.17) is 30.9 Å². The summed E-state index contributed by atoms with van der Waals surface area (Å²) in [6, 6.07) is 9.34. The van der Waals surface area contributed by atoms with E-state index in [0.29, 0.717) is 28.2 Å². The molecular formula is C19H15ClN2O6. The second-order valence-corrected chi connectivity index (χ2v) is 5.95. The number of carboxylic acid groups (broad SMARTS) is 1. The number of rotatable bonds is 5. The standard InChI is InChI=1S/C19H15ClN2O6/c1-26-17-9-15-11(8-12(17)18(23)27-2)16(5-6-21-15)28-10-3-4-14(13(20)7-10)22-19(24)25/h3-9,22H,1-2H3,(H,24,25). The highest BCUT2D eigenvalue weighted by atomic mass is 35.5. The van der Waals surface area contributed by atoms with E-state index in [2.05, 4.69) is 10.3 Å². The Labute approximate surface area is 164 Å². The average molecular weight is 403 g/mol. The zero-order valence-corrected chi connectivity index (χ0v) is 15.6. The van der Waals surface area contributed by atoms with E-state index in [9.17, 15) is 9.59 Å². The highest BCUT2D eigenvalue weighted by Gasteiger charge is 2.17. The van der Waals surface area contributed by atoms with Crippen molar-refractivity contribution in [3.8, 4) is 17.2 Å². The largest absolute Gasteiger partial charge is 0.496 e. The molecule has 0 aliphatic heterocycles. The first-order chi connectivity index (χ1) is 13.4. The van der Waals surface area contributed by atoms with E-state index in [0.717, 1.165) is 0 Å². The number of halogens is 1. The summed E-state index contributed by atoms with van der Waals surface area (Å²) in [5.41, 5.74) is 1.02. The number of amides is 1. The summed E-state index contributed by atoms with van der Waals surface area (Å²) >= 11 is 6.09. The lowest BCUT2D eigenvalue weighted by molar-refractivity contribution is 0.0597. The first kappa shape index (κ1) is 19.2. The number of nitrogens with one attached hydrogen (secondary N) is 1. The Morgan fingerprint density at radius 2 is 1.89 bits per heavy atom. The molecule has 1 heterocycles. The number of hydrogen-bond acceptors (Lipinski definition) is 6. The van der Waals surface area contributed by atoms with Gasteiger partial charge in [0.25, 0.3) is 0 Å². The molecule has 0 aliphatic carbocycles. The summed E-state index contributed by atoms with van der Waals surface area (Å²) in [5.74, 6) is 0.577. The predicted octanol–water partition coefficient (Wildman–Crippen LogP) is 4.57. The molecule has 8 nitrogen and oxygen atoms in total. The molecule has 0 unspecified atom stereocenters. The number of aromatic nitrogens is 1. The molecule has 0 saturated heterocycles. The minimum atomic E-state index is -1.22. The van der Waals surface area contributed by atoms with E-state index in [-0.39, 0.29) is 16.3 Å². The third-order valence-electron chi connectivity index (χ3n) is 3.84. The van der Waals surface area contributed by atoms with Crippen LogP contribution in [0.3, 0.4) is 0 Å². The highest BCUT2D eigenvalue weighted by Crippen LogP contribution is 2.35. The highest BCUT2D eigenvalue weighted by molar-refractivity contribution is 6.33. The van der Waals surface area contributed by atoms with Gasteiger partial charge in [0.05, 0.1) is 30.4 Å². The van der Waals surface area contributed by atoms with Crippen LogP contribution in [0.1, 0.15) is 10.4 Å². The lowest BCUT2D eigenvalue weighted by atomic mass is 10.1. The van der Waals surface area contributed by atoms with Crippen molar-refractivity contribution in [1.29, 1.82) is 0 Å². The number of nitrogens with zero attached hydrogens (tertiary/aromatic N) is 1. The Balaban J connectivity index is 2.02. The Bertz CT molecular complexity index is 1070. The van der Waals surface area contributed by atoms with Crippen molar-refractivity contribution >= 4 is 40.3 Å². The van der Waals surface area contributed by atoms with Crippen LogP contribution in [0.5, 0.6) is 17.2 Å². The van der Waals surface area contributed by atoms with Crippen molar-refractivity contribution in [2.24, 2.45) is 0 Å². The zero-order chi connectivity index (χ0) is 20.3. The molecule has 1 aromatic heterocycles. The molecular weight excluding hydrogens is 388 g/mol. The molecule has 2 N–H and O–H groups in total. The van der Waals surface area contributed by atoms with E-state index < -0.39 is 12.1 Å². The monoisotopic (exact) mass is 402 g/mol. The zero-order valence-electron chi connectivity index (χ0n) is 14.9. The summed E-state index contributed by atoms with van der Waals surface area (Å²) in [4.78, 5) is 27.1. The number of pyridine rings is 1. The van der Waals surface area contributed by atoms with Crippen molar-refractivity contribution in [3.05, 3.63) is 53.2 Å². The minimum Gasteiger partial charge on any atom is -0.496 e. The Hall–Kier alpha value is -3.52. The van der Waals surface area contributed by atoms with Crippen LogP contribution in [-0.4, -0.2) is 36.4 Å². The number of carbonyl (C=O) groups excluding carboxylic acids is 1. The van der Waals surface area contributed by atoms with Crippen molar-refractivity contribution < 1.29 is 28.9 Å². The molecule has 3 aromatic rings. The smallest absolute Gasteiger partial charge is 0.409 e. The fourth-order valence-electron chi connectivity index (χ4n) is 2.58. The minimum absolute atomic E-state index is 0.176. The predicted molar refractivity (Wildman–Crippen MR) is 103 cm³/mol. The maximum Gasteiger partial charge on any atom is 0.409 e. The molecule has 0 spiro atoms. The lowest BCUT2D eigenvalue weighted by Gasteiger charge is -2.13. The third-order valence-corrected chi connectivity index (χ3v) is 4.15. The van der Waals surface area contributed by atoms with Gasteiger partial charge in [-0.1, -0.05) is 11.6 Å². The van der Waals surface area contributed by atoms with Gasteiger partial charge in [-0.2, -0.15) is 0 Å². The van der Waals surface area contributed by atoms with E-state index in [1.54, 1.807) is 30.5 Å². The fourth-order valence-corrected chi connectivity index (χ4v) is 2.80. The SMILES string of the molecule is COC(=O)c1cc2c(Oc3ccc(NC(=O)O)c(Cl)c3)ccnc2cc1OC. The number of methoxy groups -OCH3 is 2. The molecule has 2 aromatic carbocycles. The quantitative estimate of drug-likeness (QED) is 0.602. The van der Waals surface area contributed by atoms with Crippen molar-refractivity contribution in [2.75, 3.05) is 19.5 Å². The number of esters is 1. The molecule has 28 heavy (non-hydrogen) atoms. The van der Waals surface area contributed by atoms with E-state index >= 15 is 0 Å². The second kappa shape index (κ2) is 8.01. The second-order valence-electron chi connectivity index (χ2n) is 5.54. The number of benzene rings is 2. The Morgan fingerprint density at radius 1 is 1.11 bits per heavy atom. The van der Waals surface area contributed by atoms with Crippen molar-refractivity contribution in [2.45, 2.75) is 0 Å². The maximum atomic E-state index is 12.0. The van der Waals surface area contributed by atoms with Gasteiger partial charge in [0, 0.05) is 23.7 Å². The number of fused-ring (bicyclic) bond motifs is 1. The maximum absolute atomic E-state index is 12.0. The van der Waals surface area contributed by atoms with Crippen LogP contribution in [0.2, 0.25) is 5.02 Å². The van der Waals surface area contributed by atoms with Gasteiger partial charge in [-0.3, -0.25) is 10.3 Å². The third kappa shape index (κ3) is 3.91. The van der Waals surface area contributed by atoms with Crippen LogP contribution < -0.4 is 14.8 Å². The molecule has 0 radical (unpaired) electrons. The summed E-state index contributed by atoms with van der Waals surface area (Å²) in [7, 11) is 2.73. The fraction of sp³-hybridized carbons (Fsp3) is 0.105. The summed E-state index contributed by atoms with van der Waals surface area (Å²) in [6.07, 6.45) is 0.330. The van der Waals surface area contributed by atoms with Crippen molar-refractivity contribution in [3.63, 3.8) is 0 Å². The van der Waals surface area contributed by atoms with Crippen LogP contribution >= 0.6 is 11.6 Å². The average Bonchev–Trinajstić information content (AvgIpc) is 2.68. The summed E-state index contributed by atoms with van der Waals surface area (Å²) in [6.45, 7) is 0. The van der Waals surface area contributed by atoms with Gasteiger partial charge in [0.1, 0.15) is 22.8 Å². The molecule has 9 heteroatoms. The first-order valence-electron chi connectivity index (χ1n) is 7.95. The van der Waals surface area contributed by atoms with E-state index in [1.165, 1.54) is 26.4 Å². The van der Waals surface area contributed by atoms with Gasteiger partial charge in [0.2, 0.25) is 0 Å². The molecule has 0 fully saturated rings. The molecule has 0 atom stereocenters. The summed E-state index contributed by atoms with van der Waals surface area (Å²) < 4.78 is 15.9. The number of anilines is 1. The van der Waals surface area contributed by atoms with Crippen LogP contribution in [0.25, 0.3) is 10.9 Å². The Kier molecular flexibility index (Phi) is 5.51. The number of ether oxygens (including phenoxy) is 3. The first-order valence-corrected chi connectivity index (χ1v) is 8.33. The van der Waals surface area contributed by atoms with Gasteiger partial charge < -0.3 is 19.3 Å². The van der Waals surface area contributed by atoms with Crippen molar-refractivity contribution in [1.82, 2.24) is 4.98 Å². The number of hydrogen-bond donors (Lipinski definition) is 2. The molecule has 0 aliphatic rings. The number of carbonyl (C=O) groups is 2. The van der Waals surface area contributed by atoms with Crippen LogP contribution in [0, 0.1) is 0 Å². The molecule has 1 amide bonds. The van der Waals surface area contributed by atoms with Gasteiger partial charge in [-0.15, -0.1) is 0 Å². The normalized spacial score (nSPS) is 10.4. The molecule has 0 saturated carbocycles.